The lowest BCUT2D eigenvalue weighted by molar-refractivity contribution is 0.145. The van der Waals surface area contributed by atoms with E-state index in [1.807, 2.05) is 17.8 Å². The third kappa shape index (κ3) is 4.71. The van der Waals surface area contributed by atoms with E-state index >= 15 is 0 Å². The van der Waals surface area contributed by atoms with Crippen LogP contribution < -0.4 is 0 Å². The number of imidazole rings is 1. The van der Waals surface area contributed by atoms with Crippen LogP contribution in [-0.4, -0.2) is 56.4 Å². The minimum Gasteiger partial charge on any atom is -0.356 e. The number of aromatic nitrogens is 3. The van der Waals surface area contributed by atoms with Gasteiger partial charge in [0.15, 0.2) is 5.65 Å². The van der Waals surface area contributed by atoms with Crippen molar-refractivity contribution in [1.29, 1.82) is 0 Å². The van der Waals surface area contributed by atoms with Crippen molar-refractivity contribution in [2.75, 3.05) is 19.3 Å². The molecular formula is C18H22F2N6S. The number of thioether (sulfide) groups is 1. The fraction of sp³-hybridized carbons (Fsp3) is 0.444. The maximum Gasteiger partial charge on any atom is 0.281 e. The van der Waals surface area contributed by atoms with Crippen LogP contribution in [0.4, 0.5) is 8.78 Å². The van der Waals surface area contributed by atoms with Crippen molar-refractivity contribution in [3.8, 4) is 0 Å². The molecule has 0 radical (unpaired) electrons. The van der Waals surface area contributed by atoms with Gasteiger partial charge in [0.2, 0.25) is 0 Å². The number of piperidine rings is 1. The number of fused-ring (bicyclic) bond motifs is 1. The molecule has 6 nitrogen and oxygen atoms in total. The first kappa shape index (κ1) is 19.5. The Morgan fingerprint density at radius 3 is 3.04 bits per heavy atom. The molecule has 3 heterocycles. The van der Waals surface area contributed by atoms with Gasteiger partial charge in [-0.3, -0.25) is 14.4 Å². The van der Waals surface area contributed by atoms with Crippen molar-refractivity contribution in [2.24, 2.45) is 9.98 Å². The van der Waals surface area contributed by atoms with E-state index in [-0.39, 0.29) is 5.69 Å². The van der Waals surface area contributed by atoms with Crippen molar-refractivity contribution in [2.45, 2.75) is 31.1 Å². The second kappa shape index (κ2) is 9.07. The SMILES string of the molecule is C=N/C=C\C(=NCc1cnc2cnc(C(F)F)cn12)N1CCCC(SC)C1. The molecule has 2 aromatic rings. The zero-order valence-corrected chi connectivity index (χ0v) is 15.9. The average Bonchev–Trinajstić information content (AvgIpc) is 3.10. The number of aliphatic imine (C=N–C) groups is 2. The highest BCUT2D eigenvalue weighted by molar-refractivity contribution is 7.99. The third-order valence-electron chi connectivity index (χ3n) is 4.48. The molecule has 3 rings (SSSR count). The molecule has 2 aromatic heterocycles. The highest BCUT2D eigenvalue weighted by atomic mass is 32.2. The molecule has 9 heteroatoms. The van der Waals surface area contributed by atoms with Gasteiger partial charge in [-0.15, -0.1) is 0 Å². The van der Waals surface area contributed by atoms with E-state index in [0.29, 0.717) is 17.4 Å². The maximum absolute atomic E-state index is 12.9. The number of hydrogen-bond acceptors (Lipinski definition) is 5. The lowest BCUT2D eigenvalue weighted by Crippen LogP contribution is -2.40. The van der Waals surface area contributed by atoms with Gasteiger partial charge < -0.3 is 4.90 Å². The Labute approximate surface area is 161 Å². The van der Waals surface area contributed by atoms with Crippen molar-refractivity contribution in [3.05, 3.63) is 42.3 Å². The number of hydrogen-bond donors (Lipinski definition) is 0. The van der Waals surface area contributed by atoms with E-state index in [9.17, 15) is 8.78 Å². The summed E-state index contributed by atoms with van der Waals surface area (Å²) in [5.41, 5.74) is 0.973. The number of nitrogens with zero attached hydrogens (tertiary/aromatic N) is 6. The van der Waals surface area contributed by atoms with Gasteiger partial charge >= 0.3 is 0 Å². The van der Waals surface area contributed by atoms with Crippen molar-refractivity contribution >= 4 is 30.0 Å². The average molecular weight is 392 g/mol. The van der Waals surface area contributed by atoms with E-state index in [2.05, 4.69) is 32.8 Å². The Balaban J connectivity index is 1.85. The van der Waals surface area contributed by atoms with Gasteiger partial charge in [0.25, 0.3) is 6.43 Å². The molecule has 0 aromatic carbocycles. The molecular weight excluding hydrogens is 370 g/mol. The molecule has 27 heavy (non-hydrogen) atoms. The van der Waals surface area contributed by atoms with E-state index < -0.39 is 6.43 Å². The van der Waals surface area contributed by atoms with E-state index in [4.69, 9.17) is 4.99 Å². The topological polar surface area (TPSA) is 58.1 Å². The van der Waals surface area contributed by atoms with Crippen molar-refractivity contribution in [1.82, 2.24) is 19.3 Å². The number of rotatable bonds is 6. The zero-order valence-electron chi connectivity index (χ0n) is 15.1. The number of amidine groups is 1. The van der Waals surface area contributed by atoms with Gasteiger partial charge in [0.05, 0.1) is 24.6 Å². The molecule has 1 aliphatic rings. The largest absolute Gasteiger partial charge is 0.356 e. The Morgan fingerprint density at radius 2 is 2.30 bits per heavy atom. The van der Waals surface area contributed by atoms with Gasteiger partial charge in [-0.05, 0) is 31.9 Å². The summed E-state index contributed by atoms with van der Waals surface area (Å²) >= 11 is 1.86. The molecule has 1 fully saturated rings. The predicted octanol–water partition coefficient (Wildman–Crippen LogP) is 3.61. The molecule has 1 aliphatic heterocycles. The Hall–Kier alpha value is -2.29. The Morgan fingerprint density at radius 1 is 1.44 bits per heavy atom. The van der Waals surface area contributed by atoms with Crippen LogP contribution in [0.2, 0.25) is 0 Å². The quantitative estimate of drug-likeness (QED) is 0.557. The second-order valence-corrected chi connectivity index (χ2v) is 7.35. The lowest BCUT2D eigenvalue weighted by atomic mass is 10.1. The van der Waals surface area contributed by atoms with E-state index in [1.165, 1.54) is 18.8 Å². The molecule has 1 atom stereocenters. The monoisotopic (exact) mass is 392 g/mol. The van der Waals surface area contributed by atoms with Gasteiger partial charge in [0.1, 0.15) is 11.5 Å². The summed E-state index contributed by atoms with van der Waals surface area (Å²) in [6.45, 7) is 5.66. The molecule has 1 unspecified atom stereocenters. The number of halogens is 2. The first-order chi connectivity index (χ1) is 13.1. The fourth-order valence-corrected chi connectivity index (χ4v) is 3.79. The molecule has 0 aliphatic carbocycles. The zero-order chi connectivity index (χ0) is 19.2. The van der Waals surface area contributed by atoms with Gasteiger partial charge in [-0.2, -0.15) is 11.8 Å². The van der Waals surface area contributed by atoms with Crippen LogP contribution in [0.1, 0.15) is 30.7 Å². The fourth-order valence-electron chi connectivity index (χ4n) is 3.06. The van der Waals surface area contributed by atoms with E-state index in [1.54, 1.807) is 16.8 Å². The van der Waals surface area contributed by atoms with Crippen molar-refractivity contribution < 1.29 is 8.78 Å². The summed E-state index contributed by atoms with van der Waals surface area (Å²) in [6.07, 6.45) is 9.59. The van der Waals surface area contributed by atoms with Crippen LogP contribution >= 0.6 is 11.8 Å². The van der Waals surface area contributed by atoms with Crippen LogP contribution in [0.25, 0.3) is 5.65 Å². The molecule has 0 N–H and O–H groups in total. The minimum atomic E-state index is -2.62. The Kier molecular flexibility index (Phi) is 6.54. The predicted molar refractivity (Wildman–Crippen MR) is 106 cm³/mol. The van der Waals surface area contributed by atoms with Gasteiger partial charge in [-0.25, -0.2) is 18.7 Å². The van der Waals surface area contributed by atoms with Gasteiger partial charge in [0, 0.05) is 30.7 Å². The van der Waals surface area contributed by atoms with E-state index in [0.717, 1.165) is 31.0 Å². The van der Waals surface area contributed by atoms with Crippen LogP contribution in [0.3, 0.4) is 0 Å². The number of alkyl halides is 2. The number of likely N-dealkylation sites (tertiary alicyclic amines) is 1. The molecule has 0 bridgehead atoms. The van der Waals surface area contributed by atoms with Crippen LogP contribution in [0.15, 0.2) is 40.9 Å². The van der Waals surface area contributed by atoms with Crippen LogP contribution in [0, 0.1) is 0 Å². The molecule has 0 spiro atoms. The summed E-state index contributed by atoms with van der Waals surface area (Å²) in [6, 6.07) is 0. The highest BCUT2D eigenvalue weighted by Gasteiger charge is 2.20. The minimum absolute atomic E-state index is 0.277. The molecule has 0 amide bonds. The summed E-state index contributed by atoms with van der Waals surface area (Å²) in [7, 11) is 0. The van der Waals surface area contributed by atoms with Crippen molar-refractivity contribution in [3.63, 3.8) is 0 Å². The molecule has 1 saturated heterocycles. The smallest absolute Gasteiger partial charge is 0.281 e. The molecule has 144 valence electrons. The summed E-state index contributed by atoms with van der Waals surface area (Å²) in [4.78, 5) is 18.7. The van der Waals surface area contributed by atoms with Crippen LogP contribution in [-0.2, 0) is 6.54 Å². The van der Waals surface area contributed by atoms with Gasteiger partial charge in [-0.1, -0.05) is 0 Å². The summed E-state index contributed by atoms with van der Waals surface area (Å²) in [5, 5.41) is 0.574. The lowest BCUT2D eigenvalue weighted by Gasteiger charge is -2.33. The standard InChI is InChI=1S/C18H22F2N6S/c1-21-6-5-16(25-7-3-4-14(11-25)27-2)23-8-13-9-24-17-10-22-15(18(19)20)12-26(13)17/h5-6,9-10,12,14,18H,1,3-4,7-8,11H2,2H3/b6-5-,23-16?. The highest BCUT2D eigenvalue weighted by Crippen LogP contribution is 2.21. The second-order valence-electron chi connectivity index (χ2n) is 6.21. The van der Waals surface area contributed by atoms with Crippen LogP contribution in [0.5, 0.6) is 0 Å². The third-order valence-corrected chi connectivity index (χ3v) is 5.54. The summed E-state index contributed by atoms with van der Waals surface area (Å²) in [5.74, 6) is 0.819. The Bertz CT molecular complexity index is 847. The molecule has 0 saturated carbocycles. The first-order valence-electron chi connectivity index (χ1n) is 8.67. The summed E-state index contributed by atoms with van der Waals surface area (Å²) < 4.78 is 27.5. The normalized spacial score (nSPS) is 18.7. The maximum atomic E-state index is 12.9. The first-order valence-corrected chi connectivity index (χ1v) is 9.95.